The van der Waals surface area contributed by atoms with E-state index in [1.807, 2.05) is 58.0 Å². The maximum Gasteiger partial charge on any atom is 0.238 e. The molecular weight excluding hydrogens is 288 g/mol. The molecule has 0 aliphatic carbocycles. The van der Waals surface area contributed by atoms with Crippen molar-refractivity contribution < 1.29 is 9.59 Å². The molecule has 1 rings (SSSR count). The van der Waals surface area contributed by atoms with Crippen LogP contribution in [0.1, 0.15) is 53.5 Å². The fourth-order valence-corrected chi connectivity index (χ4v) is 2.23. The minimum Gasteiger partial charge on any atom is -0.353 e. The topological polar surface area (TPSA) is 49.4 Å². The monoisotopic (exact) mass is 318 g/mol. The van der Waals surface area contributed by atoms with E-state index < -0.39 is 5.41 Å². The van der Waals surface area contributed by atoms with Gasteiger partial charge in [-0.1, -0.05) is 37.3 Å². The van der Waals surface area contributed by atoms with E-state index in [-0.39, 0.29) is 23.9 Å². The molecule has 0 saturated heterocycles. The van der Waals surface area contributed by atoms with Crippen LogP contribution in [0.5, 0.6) is 0 Å². The third kappa shape index (κ3) is 5.08. The highest BCUT2D eigenvalue weighted by molar-refractivity contribution is 6.04. The first-order valence-electron chi connectivity index (χ1n) is 8.36. The molecule has 1 N–H and O–H groups in total. The predicted molar refractivity (Wildman–Crippen MR) is 93.8 cm³/mol. The largest absolute Gasteiger partial charge is 0.353 e. The number of hydrogen-bond acceptors (Lipinski definition) is 2. The molecule has 0 saturated carbocycles. The van der Waals surface area contributed by atoms with Gasteiger partial charge in [0, 0.05) is 18.6 Å². The van der Waals surface area contributed by atoms with Crippen molar-refractivity contribution in [3.8, 4) is 0 Å². The molecule has 0 bridgehead atoms. The lowest BCUT2D eigenvalue weighted by Gasteiger charge is -2.34. The summed E-state index contributed by atoms with van der Waals surface area (Å²) in [5.41, 5.74) is -0.0182. The van der Waals surface area contributed by atoms with E-state index in [0.717, 1.165) is 12.0 Å². The number of carbonyl (C=O) groups is 2. The van der Waals surface area contributed by atoms with Crippen LogP contribution >= 0.6 is 0 Å². The number of nitrogens with zero attached hydrogens (tertiary/aromatic N) is 1. The van der Waals surface area contributed by atoms with Gasteiger partial charge in [-0.3, -0.25) is 9.59 Å². The van der Waals surface area contributed by atoms with Gasteiger partial charge in [-0.2, -0.15) is 0 Å². The third-order valence-electron chi connectivity index (χ3n) is 4.17. The lowest BCUT2D eigenvalue weighted by atomic mass is 9.89. The molecule has 0 aromatic heterocycles. The maximum atomic E-state index is 13.0. The van der Waals surface area contributed by atoms with Crippen molar-refractivity contribution in [1.29, 1.82) is 0 Å². The molecular formula is C19H30N2O2. The molecule has 0 radical (unpaired) electrons. The summed E-state index contributed by atoms with van der Waals surface area (Å²) in [4.78, 5) is 27.3. The lowest BCUT2D eigenvalue weighted by molar-refractivity contribution is -0.150. The predicted octanol–water partition coefficient (Wildman–Crippen LogP) is 3.36. The van der Waals surface area contributed by atoms with Gasteiger partial charge in [-0.05, 0) is 46.6 Å². The van der Waals surface area contributed by atoms with Crippen molar-refractivity contribution in [3.05, 3.63) is 35.9 Å². The molecule has 0 aliphatic heterocycles. The van der Waals surface area contributed by atoms with Gasteiger partial charge in [-0.25, -0.2) is 0 Å². The summed E-state index contributed by atoms with van der Waals surface area (Å²) in [6.07, 6.45) is 0.841. The van der Waals surface area contributed by atoms with Crippen LogP contribution in [0, 0.1) is 5.41 Å². The van der Waals surface area contributed by atoms with E-state index in [2.05, 4.69) is 5.32 Å². The summed E-state index contributed by atoms with van der Waals surface area (Å²) < 4.78 is 0. The Bertz CT molecular complexity index is 523. The summed E-state index contributed by atoms with van der Waals surface area (Å²) in [5, 5.41) is 2.92. The highest BCUT2D eigenvalue weighted by Crippen LogP contribution is 2.23. The maximum absolute atomic E-state index is 13.0. The van der Waals surface area contributed by atoms with Gasteiger partial charge in [0.1, 0.15) is 5.41 Å². The molecule has 0 heterocycles. The number of benzene rings is 1. The zero-order valence-corrected chi connectivity index (χ0v) is 15.2. The second-order valence-electron chi connectivity index (χ2n) is 6.92. The molecule has 2 amide bonds. The van der Waals surface area contributed by atoms with E-state index in [4.69, 9.17) is 0 Å². The first kappa shape index (κ1) is 19.2. The van der Waals surface area contributed by atoms with Crippen LogP contribution in [0.25, 0.3) is 0 Å². The van der Waals surface area contributed by atoms with Crippen LogP contribution < -0.4 is 5.32 Å². The second-order valence-corrected chi connectivity index (χ2v) is 6.92. The van der Waals surface area contributed by atoms with Gasteiger partial charge in [0.2, 0.25) is 11.8 Å². The smallest absolute Gasteiger partial charge is 0.238 e. The van der Waals surface area contributed by atoms with Gasteiger partial charge in [0.05, 0.1) is 0 Å². The Labute approximate surface area is 140 Å². The van der Waals surface area contributed by atoms with E-state index >= 15 is 0 Å². The molecule has 128 valence electrons. The SMILES string of the molecule is CCC(C)NC(=O)C(C)(C)C(=O)N(Cc1ccccc1)C(C)C. The molecule has 1 aromatic rings. The van der Waals surface area contributed by atoms with Crippen LogP contribution in [0.4, 0.5) is 0 Å². The fraction of sp³-hybridized carbons (Fsp3) is 0.579. The molecule has 4 nitrogen and oxygen atoms in total. The van der Waals surface area contributed by atoms with Crippen molar-refractivity contribution >= 4 is 11.8 Å². The third-order valence-corrected chi connectivity index (χ3v) is 4.17. The van der Waals surface area contributed by atoms with Gasteiger partial charge < -0.3 is 10.2 Å². The normalized spacial score (nSPS) is 12.8. The number of rotatable bonds is 7. The Morgan fingerprint density at radius 3 is 2.17 bits per heavy atom. The van der Waals surface area contributed by atoms with Crippen molar-refractivity contribution in [2.45, 2.75) is 66.6 Å². The number of amides is 2. The second kappa shape index (κ2) is 8.14. The Hall–Kier alpha value is -1.84. The van der Waals surface area contributed by atoms with Crippen LogP contribution in [0.15, 0.2) is 30.3 Å². The zero-order chi connectivity index (χ0) is 17.6. The standard InChI is InChI=1S/C19H30N2O2/c1-7-15(4)20-17(22)19(5,6)18(23)21(14(2)3)13-16-11-9-8-10-12-16/h8-12,14-15H,7,13H2,1-6H3,(H,20,22). The molecule has 0 aliphatic rings. The molecule has 0 fully saturated rings. The highest BCUT2D eigenvalue weighted by atomic mass is 16.2. The molecule has 4 heteroatoms. The summed E-state index contributed by atoms with van der Waals surface area (Å²) >= 11 is 0. The number of hydrogen-bond donors (Lipinski definition) is 1. The highest BCUT2D eigenvalue weighted by Gasteiger charge is 2.40. The van der Waals surface area contributed by atoms with Crippen LogP contribution in [0.3, 0.4) is 0 Å². The van der Waals surface area contributed by atoms with Crippen LogP contribution in [-0.2, 0) is 16.1 Å². The van der Waals surface area contributed by atoms with Crippen LogP contribution in [-0.4, -0.2) is 28.8 Å². The quantitative estimate of drug-likeness (QED) is 0.784. The van der Waals surface area contributed by atoms with Crippen molar-refractivity contribution in [1.82, 2.24) is 10.2 Å². The Balaban J connectivity index is 2.93. The lowest BCUT2D eigenvalue weighted by Crippen LogP contribution is -2.52. The zero-order valence-electron chi connectivity index (χ0n) is 15.2. The minimum absolute atomic E-state index is 0.0263. The van der Waals surface area contributed by atoms with E-state index in [9.17, 15) is 9.59 Å². The van der Waals surface area contributed by atoms with Crippen molar-refractivity contribution in [3.63, 3.8) is 0 Å². The molecule has 1 unspecified atom stereocenters. The van der Waals surface area contributed by atoms with Gasteiger partial charge in [0.15, 0.2) is 0 Å². The summed E-state index contributed by atoms with van der Waals surface area (Å²) in [6.45, 7) is 11.8. The summed E-state index contributed by atoms with van der Waals surface area (Å²) in [5.74, 6) is -0.354. The Morgan fingerprint density at radius 2 is 1.70 bits per heavy atom. The van der Waals surface area contributed by atoms with Gasteiger partial charge in [-0.15, -0.1) is 0 Å². The average molecular weight is 318 g/mol. The molecule has 23 heavy (non-hydrogen) atoms. The van der Waals surface area contributed by atoms with E-state index in [0.29, 0.717) is 6.54 Å². The minimum atomic E-state index is -1.08. The number of carbonyl (C=O) groups excluding carboxylic acids is 2. The van der Waals surface area contributed by atoms with Crippen LogP contribution in [0.2, 0.25) is 0 Å². The Kier molecular flexibility index (Phi) is 6.79. The average Bonchev–Trinajstić information content (AvgIpc) is 2.52. The van der Waals surface area contributed by atoms with E-state index in [1.54, 1.807) is 18.7 Å². The van der Waals surface area contributed by atoms with Gasteiger partial charge in [0.25, 0.3) is 0 Å². The summed E-state index contributed by atoms with van der Waals surface area (Å²) in [7, 11) is 0. The summed E-state index contributed by atoms with van der Waals surface area (Å²) in [6, 6.07) is 9.95. The fourth-order valence-electron chi connectivity index (χ4n) is 2.23. The first-order chi connectivity index (χ1) is 10.7. The first-order valence-corrected chi connectivity index (χ1v) is 8.36. The molecule has 0 spiro atoms. The van der Waals surface area contributed by atoms with Crippen molar-refractivity contribution in [2.75, 3.05) is 0 Å². The molecule has 1 atom stereocenters. The van der Waals surface area contributed by atoms with Gasteiger partial charge >= 0.3 is 0 Å². The molecule has 1 aromatic carbocycles. The number of nitrogens with one attached hydrogen (secondary N) is 1. The van der Waals surface area contributed by atoms with E-state index in [1.165, 1.54) is 0 Å². The Morgan fingerprint density at radius 1 is 1.13 bits per heavy atom. The van der Waals surface area contributed by atoms with Crippen molar-refractivity contribution in [2.24, 2.45) is 5.41 Å².